The lowest BCUT2D eigenvalue weighted by Gasteiger charge is -2.45. The number of benzene rings is 1. The van der Waals surface area contributed by atoms with Gasteiger partial charge in [-0.1, -0.05) is 17.7 Å². The first kappa shape index (κ1) is 25.9. The number of aryl methyl sites for hydroxylation is 1. The predicted molar refractivity (Wildman–Crippen MR) is 153 cm³/mol. The number of carbonyl (C=O) groups is 1. The van der Waals surface area contributed by atoms with E-state index in [-0.39, 0.29) is 28.5 Å². The van der Waals surface area contributed by atoms with Crippen molar-refractivity contribution in [2.75, 3.05) is 41.4 Å². The van der Waals surface area contributed by atoms with Gasteiger partial charge in [0.1, 0.15) is 11.8 Å². The summed E-state index contributed by atoms with van der Waals surface area (Å²) in [6, 6.07) is 10.4. The highest BCUT2D eigenvalue weighted by Crippen LogP contribution is 2.34. The van der Waals surface area contributed by atoms with Gasteiger partial charge in [0.05, 0.1) is 28.7 Å². The van der Waals surface area contributed by atoms with E-state index in [1.54, 1.807) is 23.9 Å². The van der Waals surface area contributed by atoms with Crippen LogP contribution in [0.2, 0.25) is 5.15 Å². The Bertz CT molecular complexity index is 1710. The number of halogens is 1. The average molecular weight is 562 g/mol. The monoisotopic (exact) mass is 561 g/mol. The first-order valence-electron chi connectivity index (χ1n) is 13.0. The van der Waals surface area contributed by atoms with Crippen LogP contribution in [0.1, 0.15) is 34.6 Å². The fraction of sp³-hybridized carbons (Fsp3) is 0.321. The number of piperazine rings is 1. The second kappa shape index (κ2) is 9.98. The molecule has 1 saturated heterocycles. The van der Waals surface area contributed by atoms with Crippen molar-refractivity contribution in [1.29, 1.82) is 0 Å². The van der Waals surface area contributed by atoms with Crippen LogP contribution in [0, 0.1) is 6.92 Å². The minimum atomic E-state index is -1.19. The molecule has 0 saturated carbocycles. The lowest BCUT2D eigenvalue weighted by Crippen LogP contribution is -2.58. The lowest BCUT2D eigenvalue weighted by molar-refractivity contribution is 0.0691. The number of anilines is 3. The van der Waals surface area contributed by atoms with Crippen molar-refractivity contribution in [3.63, 3.8) is 0 Å². The second-order valence-corrected chi connectivity index (χ2v) is 10.5. The molecule has 2 aliphatic rings. The summed E-state index contributed by atoms with van der Waals surface area (Å²) in [6.07, 6.45) is 1.77. The first-order valence-corrected chi connectivity index (χ1v) is 13.4. The molecule has 4 aromatic rings. The molecule has 3 aromatic heterocycles. The number of nitrogens with one attached hydrogen (secondary N) is 1. The maximum absolute atomic E-state index is 13.6. The Morgan fingerprint density at radius 3 is 2.85 bits per heavy atom. The number of carboxylic acids is 1. The van der Waals surface area contributed by atoms with Gasteiger partial charge in [-0.05, 0) is 49.7 Å². The number of aromatic nitrogens is 4. The van der Waals surface area contributed by atoms with Crippen molar-refractivity contribution < 1.29 is 14.6 Å². The Morgan fingerprint density at radius 1 is 1.23 bits per heavy atom. The molecule has 0 spiro atoms. The highest BCUT2D eigenvalue weighted by atomic mass is 35.5. The van der Waals surface area contributed by atoms with Gasteiger partial charge in [-0.25, -0.2) is 19.7 Å². The average Bonchev–Trinajstić information content (AvgIpc) is 2.95. The van der Waals surface area contributed by atoms with Crippen LogP contribution in [-0.2, 0) is 7.05 Å². The zero-order chi connectivity index (χ0) is 28.1. The number of fused-ring (bicyclic) bond motifs is 4. The number of nitrogens with zero attached hydrogens (tertiary/aromatic N) is 6. The largest absolute Gasteiger partial charge is 0.487 e. The molecule has 0 aliphatic carbocycles. The number of ether oxygens (including phenoxy) is 1. The van der Waals surface area contributed by atoms with Crippen LogP contribution in [0.5, 0.6) is 5.75 Å². The van der Waals surface area contributed by atoms with E-state index in [4.69, 9.17) is 21.3 Å². The van der Waals surface area contributed by atoms with Gasteiger partial charge < -0.3 is 25.0 Å². The van der Waals surface area contributed by atoms with Crippen LogP contribution in [0.25, 0.3) is 10.9 Å². The summed E-state index contributed by atoms with van der Waals surface area (Å²) in [7, 11) is 1.74. The van der Waals surface area contributed by atoms with Crippen molar-refractivity contribution in [3.8, 4) is 5.75 Å². The molecule has 1 unspecified atom stereocenters. The maximum Gasteiger partial charge on any atom is 0.356 e. The van der Waals surface area contributed by atoms with Gasteiger partial charge in [-0.15, -0.1) is 0 Å². The van der Waals surface area contributed by atoms with E-state index in [0.29, 0.717) is 48.8 Å². The van der Waals surface area contributed by atoms with E-state index in [1.807, 2.05) is 38.1 Å². The Balaban J connectivity index is 1.37. The molecule has 40 heavy (non-hydrogen) atoms. The lowest BCUT2D eigenvalue weighted by atomic mass is 10.0. The summed E-state index contributed by atoms with van der Waals surface area (Å²) in [5.41, 5.74) is 2.24. The molecule has 6 rings (SSSR count). The number of carboxylic acid groups (broad SMARTS) is 1. The third kappa shape index (κ3) is 4.45. The zero-order valence-electron chi connectivity index (χ0n) is 22.3. The number of hydrogen-bond acceptors (Lipinski definition) is 9. The molecule has 2 atom stereocenters. The highest BCUT2D eigenvalue weighted by molar-refractivity contribution is 6.29. The Kier molecular flexibility index (Phi) is 6.46. The van der Waals surface area contributed by atoms with Crippen molar-refractivity contribution in [2.24, 2.45) is 7.05 Å². The Labute approximate surface area is 235 Å². The van der Waals surface area contributed by atoms with Gasteiger partial charge in [0, 0.05) is 38.4 Å². The SMILES string of the molecule is Cc1cc([C@@H](C)Nc2ccc(Cl)nc2C(=O)O)c2nc(N3CCN4c5ncccc5OCC4C3)n(C)c(=O)c2c1. The molecular weight excluding hydrogens is 534 g/mol. The van der Waals surface area contributed by atoms with Gasteiger partial charge in [-0.2, -0.15) is 0 Å². The van der Waals surface area contributed by atoms with E-state index in [0.717, 1.165) is 22.7 Å². The molecule has 2 N–H and O–H groups in total. The van der Waals surface area contributed by atoms with Gasteiger partial charge in [0.2, 0.25) is 5.95 Å². The predicted octanol–water partition coefficient (Wildman–Crippen LogP) is 3.64. The summed E-state index contributed by atoms with van der Waals surface area (Å²) in [5.74, 6) is 1.01. The van der Waals surface area contributed by atoms with Crippen LogP contribution >= 0.6 is 11.6 Å². The summed E-state index contributed by atoms with van der Waals surface area (Å²) < 4.78 is 7.57. The molecule has 0 bridgehead atoms. The second-order valence-electron chi connectivity index (χ2n) is 10.2. The number of aromatic carboxylic acids is 1. The quantitative estimate of drug-likeness (QED) is 0.349. The van der Waals surface area contributed by atoms with E-state index >= 15 is 0 Å². The van der Waals surface area contributed by atoms with E-state index in [2.05, 4.69) is 25.1 Å². The Morgan fingerprint density at radius 2 is 2.05 bits per heavy atom. The third-order valence-electron chi connectivity index (χ3n) is 7.45. The minimum absolute atomic E-state index is 0.0636. The summed E-state index contributed by atoms with van der Waals surface area (Å²) in [5, 5.41) is 13.5. The standard InChI is InChI=1S/C28H28ClN7O4/c1-15-11-18(16(2)31-20-6-7-22(29)32-24(20)27(38)39)23-19(12-15)26(37)34(3)28(33-23)35-9-10-36-17(13-35)14-40-21-5-4-8-30-25(21)36/h4-8,11-12,16-17,31H,9-10,13-14H2,1-3H3,(H,38,39)/t16-,17?/m1/s1. The summed E-state index contributed by atoms with van der Waals surface area (Å²) in [6.45, 7) is 6.33. The third-order valence-corrected chi connectivity index (χ3v) is 7.66. The molecule has 0 amide bonds. The van der Waals surface area contributed by atoms with E-state index in [1.165, 1.54) is 6.07 Å². The Hall–Kier alpha value is -4.38. The summed E-state index contributed by atoms with van der Waals surface area (Å²) in [4.78, 5) is 43.3. The molecule has 1 aromatic carbocycles. The van der Waals surface area contributed by atoms with Crippen LogP contribution in [0.3, 0.4) is 0 Å². The minimum Gasteiger partial charge on any atom is -0.487 e. The molecule has 12 heteroatoms. The van der Waals surface area contributed by atoms with Crippen LogP contribution in [-0.4, -0.2) is 62.9 Å². The maximum atomic E-state index is 13.6. The first-order chi connectivity index (χ1) is 19.2. The topological polar surface area (TPSA) is 126 Å². The highest BCUT2D eigenvalue weighted by Gasteiger charge is 2.35. The normalized spacial score (nSPS) is 17.1. The van der Waals surface area contributed by atoms with Gasteiger partial charge >= 0.3 is 5.97 Å². The van der Waals surface area contributed by atoms with Crippen LogP contribution in [0.4, 0.5) is 17.5 Å². The molecular formula is C28H28ClN7O4. The zero-order valence-corrected chi connectivity index (χ0v) is 23.0. The molecule has 1 fully saturated rings. The smallest absolute Gasteiger partial charge is 0.356 e. The molecule has 0 radical (unpaired) electrons. The molecule has 11 nitrogen and oxygen atoms in total. The number of pyridine rings is 2. The van der Waals surface area contributed by atoms with Crippen molar-refractivity contribution in [3.05, 3.63) is 74.9 Å². The van der Waals surface area contributed by atoms with Crippen molar-refractivity contribution in [1.82, 2.24) is 19.5 Å². The van der Waals surface area contributed by atoms with Crippen molar-refractivity contribution >= 4 is 45.9 Å². The van der Waals surface area contributed by atoms with Crippen LogP contribution < -0.4 is 25.4 Å². The number of rotatable bonds is 5. The van der Waals surface area contributed by atoms with Crippen molar-refractivity contribution in [2.45, 2.75) is 25.9 Å². The molecule has 206 valence electrons. The van der Waals surface area contributed by atoms with E-state index in [9.17, 15) is 14.7 Å². The van der Waals surface area contributed by atoms with Crippen LogP contribution in [0.15, 0.2) is 47.4 Å². The van der Waals surface area contributed by atoms with Gasteiger partial charge in [0.25, 0.3) is 5.56 Å². The molecule has 5 heterocycles. The van der Waals surface area contributed by atoms with Gasteiger partial charge in [0.15, 0.2) is 17.3 Å². The molecule has 2 aliphatic heterocycles. The fourth-order valence-corrected chi connectivity index (χ4v) is 5.68. The summed E-state index contributed by atoms with van der Waals surface area (Å²) >= 11 is 5.94. The van der Waals surface area contributed by atoms with E-state index < -0.39 is 5.97 Å². The number of hydrogen-bond donors (Lipinski definition) is 2. The van der Waals surface area contributed by atoms with Gasteiger partial charge in [-0.3, -0.25) is 9.36 Å². The fourth-order valence-electron chi connectivity index (χ4n) is 5.53.